The number of carbonyl (C=O) groups is 2. The maximum atomic E-state index is 13.2. The van der Waals surface area contributed by atoms with Crippen molar-refractivity contribution < 1.29 is 14.3 Å². The van der Waals surface area contributed by atoms with Crippen LogP contribution in [0.15, 0.2) is 34.9 Å². The quantitative estimate of drug-likeness (QED) is 0.574. The Morgan fingerprint density at radius 3 is 2.77 bits per heavy atom. The molecule has 1 saturated carbocycles. The fraction of sp³-hybridized carbons (Fsp3) is 0.579. The molecule has 1 fully saturated rings. The third-order valence-corrected chi connectivity index (χ3v) is 5.57. The number of esters is 1. The predicted molar refractivity (Wildman–Crippen MR) is 85.2 cm³/mol. The van der Waals surface area contributed by atoms with Crippen LogP contribution < -0.4 is 0 Å². The maximum absolute atomic E-state index is 13.2. The van der Waals surface area contributed by atoms with Crippen molar-refractivity contribution in [2.75, 3.05) is 6.61 Å². The zero-order chi connectivity index (χ0) is 16.0. The molecule has 3 heteroatoms. The van der Waals surface area contributed by atoms with E-state index >= 15 is 0 Å². The van der Waals surface area contributed by atoms with Crippen LogP contribution in [0, 0.1) is 10.8 Å². The molecule has 0 amide bonds. The monoisotopic (exact) mass is 300 g/mol. The number of Topliss-reactive ketones (excluding diaryl/α,β-unsaturated/α-hetero) is 1. The first kappa shape index (κ1) is 15.3. The highest BCUT2D eigenvalue weighted by Gasteiger charge is 2.48. The highest BCUT2D eigenvalue weighted by atomic mass is 16.5. The molecule has 118 valence electrons. The van der Waals surface area contributed by atoms with Crippen molar-refractivity contribution in [2.24, 2.45) is 10.8 Å². The van der Waals surface area contributed by atoms with Crippen LogP contribution in [0.2, 0.25) is 0 Å². The van der Waals surface area contributed by atoms with Gasteiger partial charge in [0, 0.05) is 22.1 Å². The average Bonchev–Trinajstić information content (AvgIpc) is 2.84. The lowest BCUT2D eigenvalue weighted by Gasteiger charge is -2.31. The first-order valence-electron chi connectivity index (χ1n) is 8.25. The van der Waals surface area contributed by atoms with E-state index in [1.165, 1.54) is 0 Å². The minimum absolute atomic E-state index is 0.0297. The molecule has 0 aromatic heterocycles. The van der Waals surface area contributed by atoms with Crippen LogP contribution in [-0.4, -0.2) is 18.4 Å². The Bertz CT molecular complexity index is 623. The van der Waals surface area contributed by atoms with E-state index in [4.69, 9.17) is 4.74 Å². The van der Waals surface area contributed by atoms with Gasteiger partial charge in [-0.25, -0.2) is 4.79 Å². The molecule has 0 radical (unpaired) electrons. The van der Waals surface area contributed by atoms with E-state index in [0.717, 1.165) is 31.3 Å². The Morgan fingerprint density at radius 2 is 2.05 bits per heavy atom. The number of carbonyl (C=O) groups excluding carboxylic acids is 2. The van der Waals surface area contributed by atoms with Crippen LogP contribution in [0.1, 0.15) is 52.9 Å². The highest BCUT2D eigenvalue weighted by molar-refractivity contribution is 6.15. The van der Waals surface area contributed by atoms with Gasteiger partial charge in [0.25, 0.3) is 0 Å². The number of ketones is 1. The standard InChI is InChI=1S/C19H24O3/c1-4-22-17(21)13-7-5-10-19(3)12-11-18(2)9-6-8-14(18)16(20)15(13)19/h5,8,10H,4,6-7,9,11-12H2,1-3H3/t18-,19+/m0/s1. The normalized spacial score (nSPS) is 34.0. The summed E-state index contributed by atoms with van der Waals surface area (Å²) in [6.45, 7) is 6.41. The van der Waals surface area contributed by atoms with E-state index in [1.807, 2.05) is 6.08 Å². The summed E-state index contributed by atoms with van der Waals surface area (Å²) in [7, 11) is 0. The summed E-state index contributed by atoms with van der Waals surface area (Å²) >= 11 is 0. The number of hydrogen-bond donors (Lipinski definition) is 0. The van der Waals surface area contributed by atoms with Crippen LogP contribution in [0.25, 0.3) is 0 Å². The van der Waals surface area contributed by atoms with Crippen LogP contribution in [0.5, 0.6) is 0 Å². The van der Waals surface area contributed by atoms with Gasteiger partial charge in [0.05, 0.1) is 6.61 Å². The fourth-order valence-corrected chi connectivity index (χ4v) is 4.19. The minimum Gasteiger partial charge on any atom is -0.463 e. The van der Waals surface area contributed by atoms with E-state index < -0.39 is 0 Å². The third kappa shape index (κ3) is 2.18. The van der Waals surface area contributed by atoms with E-state index in [1.54, 1.807) is 6.92 Å². The van der Waals surface area contributed by atoms with Crippen molar-refractivity contribution in [2.45, 2.75) is 52.9 Å². The summed E-state index contributed by atoms with van der Waals surface area (Å²) in [5, 5.41) is 0. The van der Waals surface area contributed by atoms with Crippen molar-refractivity contribution >= 4 is 11.8 Å². The minimum atomic E-state index is -0.342. The smallest absolute Gasteiger partial charge is 0.334 e. The van der Waals surface area contributed by atoms with Crippen LogP contribution in [0.4, 0.5) is 0 Å². The molecule has 0 N–H and O–H groups in total. The Kier molecular flexibility index (Phi) is 3.62. The van der Waals surface area contributed by atoms with Gasteiger partial charge < -0.3 is 4.74 Å². The van der Waals surface area contributed by atoms with Crippen molar-refractivity contribution in [1.29, 1.82) is 0 Å². The van der Waals surface area contributed by atoms with Gasteiger partial charge in [-0.2, -0.15) is 0 Å². The van der Waals surface area contributed by atoms with Gasteiger partial charge in [-0.05, 0) is 44.4 Å². The zero-order valence-electron chi connectivity index (χ0n) is 13.7. The molecular weight excluding hydrogens is 276 g/mol. The van der Waals surface area contributed by atoms with E-state index in [-0.39, 0.29) is 22.6 Å². The summed E-state index contributed by atoms with van der Waals surface area (Å²) in [5.41, 5.74) is 1.80. The Hall–Kier alpha value is -1.64. The van der Waals surface area contributed by atoms with Crippen LogP contribution in [0.3, 0.4) is 0 Å². The SMILES string of the molecule is CCOC(=O)C1=C2C(=O)C3=CCC[C@@]3(C)CC[C@@]2(C)C=CC1. The molecule has 3 aliphatic carbocycles. The van der Waals surface area contributed by atoms with Crippen molar-refractivity contribution in [1.82, 2.24) is 0 Å². The van der Waals surface area contributed by atoms with Gasteiger partial charge in [-0.15, -0.1) is 0 Å². The molecule has 0 saturated heterocycles. The van der Waals surface area contributed by atoms with E-state index in [9.17, 15) is 9.59 Å². The second-order valence-corrected chi connectivity index (χ2v) is 7.14. The summed E-state index contributed by atoms with van der Waals surface area (Å²) in [6.07, 6.45) is 10.6. The number of rotatable bonds is 2. The number of ether oxygens (including phenoxy) is 1. The summed E-state index contributed by atoms with van der Waals surface area (Å²) in [4.78, 5) is 25.6. The molecule has 0 aromatic rings. The van der Waals surface area contributed by atoms with E-state index in [2.05, 4.69) is 26.0 Å². The highest BCUT2D eigenvalue weighted by Crippen LogP contribution is 2.54. The molecular formula is C19H24O3. The lowest BCUT2D eigenvalue weighted by atomic mass is 9.71. The Balaban J connectivity index is 2.14. The number of allylic oxidation sites excluding steroid dienone is 5. The third-order valence-electron chi connectivity index (χ3n) is 5.57. The molecule has 2 atom stereocenters. The fourth-order valence-electron chi connectivity index (χ4n) is 4.19. The number of fused-ring (bicyclic) bond motifs is 2. The first-order valence-corrected chi connectivity index (χ1v) is 8.25. The van der Waals surface area contributed by atoms with Crippen molar-refractivity contribution in [3.05, 3.63) is 34.9 Å². The van der Waals surface area contributed by atoms with Crippen molar-refractivity contribution in [3.8, 4) is 0 Å². The first-order chi connectivity index (χ1) is 10.4. The predicted octanol–water partition coefficient (Wildman–Crippen LogP) is 3.90. The topological polar surface area (TPSA) is 43.4 Å². The van der Waals surface area contributed by atoms with Gasteiger partial charge in [-0.3, -0.25) is 4.79 Å². The molecule has 3 aliphatic rings. The molecule has 0 spiro atoms. The molecule has 0 aromatic carbocycles. The lowest BCUT2D eigenvalue weighted by Crippen LogP contribution is -2.28. The van der Waals surface area contributed by atoms with Crippen LogP contribution >= 0.6 is 0 Å². The van der Waals surface area contributed by atoms with Gasteiger partial charge in [0.2, 0.25) is 0 Å². The second-order valence-electron chi connectivity index (χ2n) is 7.14. The Labute approximate surface area is 132 Å². The van der Waals surface area contributed by atoms with Gasteiger partial charge in [-0.1, -0.05) is 32.1 Å². The lowest BCUT2D eigenvalue weighted by molar-refractivity contribution is -0.139. The largest absolute Gasteiger partial charge is 0.463 e. The second kappa shape index (κ2) is 5.22. The molecule has 0 aliphatic heterocycles. The van der Waals surface area contributed by atoms with Gasteiger partial charge >= 0.3 is 5.97 Å². The Morgan fingerprint density at radius 1 is 1.27 bits per heavy atom. The maximum Gasteiger partial charge on any atom is 0.334 e. The molecule has 0 unspecified atom stereocenters. The zero-order valence-corrected chi connectivity index (χ0v) is 13.7. The van der Waals surface area contributed by atoms with Gasteiger partial charge in [0.1, 0.15) is 0 Å². The molecule has 0 bridgehead atoms. The van der Waals surface area contributed by atoms with Crippen molar-refractivity contribution in [3.63, 3.8) is 0 Å². The molecule has 3 nitrogen and oxygen atoms in total. The number of hydrogen-bond acceptors (Lipinski definition) is 3. The van der Waals surface area contributed by atoms with Crippen LogP contribution in [-0.2, 0) is 14.3 Å². The summed E-state index contributed by atoms with van der Waals surface area (Å²) in [6, 6.07) is 0. The molecule has 0 heterocycles. The molecule has 22 heavy (non-hydrogen) atoms. The average molecular weight is 300 g/mol. The summed E-state index contributed by atoms with van der Waals surface area (Å²) < 4.78 is 5.20. The van der Waals surface area contributed by atoms with E-state index in [0.29, 0.717) is 24.2 Å². The summed E-state index contributed by atoms with van der Waals surface area (Å²) in [5.74, 6) is -0.254. The molecule has 3 rings (SSSR count). The van der Waals surface area contributed by atoms with Gasteiger partial charge in [0.15, 0.2) is 5.78 Å².